The number of anilines is 2. The van der Waals surface area contributed by atoms with Crippen molar-refractivity contribution in [2.75, 3.05) is 10.6 Å². The lowest BCUT2D eigenvalue weighted by atomic mass is 10.0. The van der Waals surface area contributed by atoms with Gasteiger partial charge in [0.25, 0.3) is 11.8 Å². The molecule has 8 rings (SSSR count). The molecule has 0 radical (unpaired) electrons. The summed E-state index contributed by atoms with van der Waals surface area (Å²) in [5.41, 5.74) is -0.0655. The average molecular weight is 918 g/mol. The number of hydrogen-bond acceptors (Lipinski definition) is 8. The van der Waals surface area contributed by atoms with Crippen LogP contribution in [0.3, 0.4) is 0 Å². The quantitative estimate of drug-likeness (QED) is 0.0723. The van der Waals surface area contributed by atoms with Crippen molar-refractivity contribution in [1.29, 1.82) is 0 Å². The minimum Gasteiger partial charge on any atom is -0.506 e. The Morgan fingerprint density at radius 3 is 1.42 bits per heavy atom. The molecule has 330 valence electrons. The van der Waals surface area contributed by atoms with Crippen molar-refractivity contribution in [2.45, 2.75) is 38.9 Å². The number of halogens is 2. The lowest BCUT2D eigenvalue weighted by Gasteiger charge is -2.26. The van der Waals surface area contributed by atoms with Crippen LogP contribution in [-0.2, 0) is 9.59 Å². The molecule has 12 heteroatoms. The maximum atomic E-state index is 13.7. The van der Waals surface area contributed by atoms with Gasteiger partial charge in [0.1, 0.15) is 28.7 Å². The van der Waals surface area contributed by atoms with Crippen molar-refractivity contribution in [3.63, 3.8) is 0 Å². The number of aromatic hydroxyl groups is 1. The first-order chi connectivity index (χ1) is 31.5. The number of rotatable bonds is 14. The number of carbonyl (C=O) groups is 4. The van der Waals surface area contributed by atoms with Gasteiger partial charge in [0, 0.05) is 48.8 Å². The lowest BCUT2D eigenvalue weighted by molar-refractivity contribution is -0.129. The minimum atomic E-state index is -1.38. The van der Waals surface area contributed by atoms with E-state index in [1.165, 1.54) is 6.07 Å². The summed E-state index contributed by atoms with van der Waals surface area (Å²) >= 11 is 11.9. The number of benzene rings is 8. The Morgan fingerprint density at radius 2 is 0.909 bits per heavy atom. The first-order valence-electron chi connectivity index (χ1n) is 20.8. The molecular formula is C54H42Cl2N2O8. The second-order valence-electron chi connectivity index (χ2n) is 16.5. The summed E-state index contributed by atoms with van der Waals surface area (Å²) in [5.74, 6) is 0.248. The van der Waals surface area contributed by atoms with Crippen LogP contribution in [0.5, 0.6) is 28.7 Å². The van der Waals surface area contributed by atoms with E-state index in [1.54, 1.807) is 149 Å². The second-order valence-corrected chi connectivity index (χ2v) is 17.4. The van der Waals surface area contributed by atoms with E-state index in [2.05, 4.69) is 10.6 Å². The number of fused-ring (bicyclic) bond motifs is 2. The molecule has 0 saturated carbocycles. The smallest absolute Gasteiger partial charge is 0.268 e. The van der Waals surface area contributed by atoms with E-state index in [1.807, 2.05) is 36.4 Å². The van der Waals surface area contributed by atoms with Crippen LogP contribution in [0.1, 0.15) is 59.5 Å². The summed E-state index contributed by atoms with van der Waals surface area (Å²) < 4.78 is 18.6. The van der Waals surface area contributed by atoms with Gasteiger partial charge in [0.2, 0.25) is 0 Å². The Hall–Kier alpha value is -7.66. The van der Waals surface area contributed by atoms with Crippen molar-refractivity contribution in [1.82, 2.24) is 0 Å². The third kappa shape index (κ3) is 10.0. The predicted octanol–water partition coefficient (Wildman–Crippen LogP) is 12.9. The van der Waals surface area contributed by atoms with E-state index in [4.69, 9.17) is 37.4 Å². The van der Waals surface area contributed by atoms with Gasteiger partial charge in [-0.3, -0.25) is 19.2 Å². The van der Waals surface area contributed by atoms with Crippen molar-refractivity contribution in [2.24, 2.45) is 0 Å². The van der Waals surface area contributed by atoms with Crippen LogP contribution in [0, 0.1) is 0 Å². The van der Waals surface area contributed by atoms with Gasteiger partial charge in [-0.1, -0.05) is 53.5 Å². The number of carbonyl (C=O) groups excluding carboxylic acids is 4. The Bertz CT molecular complexity index is 3150. The normalized spacial score (nSPS) is 11.5. The largest absolute Gasteiger partial charge is 0.506 e. The highest BCUT2D eigenvalue weighted by molar-refractivity contribution is 6.31. The molecule has 2 amide bonds. The molecule has 3 N–H and O–H groups in total. The molecule has 0 heterocycles. The van der Waals surface area contributed by atoms with Gasteiger partial charge in [-0.15, -0.1) is 0 Å². The number of phenolic OH excluding ortho intramolecular Hbond substituents is 1. The summed E-state index contributed by atoms with van der Waals surface area (Å²) in [4.78, 5) is 53.1. The van der Waals surface area contributed by atoms with Crippen LogP contribution >= 0.6 is 23.2 Å². The molecule has 0 fully saturated rings. The van der Waals surface area contributed by atoms with Gasteiger partial charge < -0.3 is 30.0 Å². The number of nitrogens with one attached hydrogen (secondary N) is 2. The summed E-state index contributed by atoms with van der Waals surface area (Å²) in [6.45, 7) is 6.52. The van der Waals surface area contributed by atoms with Crippen molar-refractivity contribution in [3.8, 4) is 28.7 Å². The lowest BCUT2D eigenvalue weighted by Crippen LogP contribution is -2.42. The van der Waals surface area contributed by atoms with Crippen molar-refractivity contribution >= 4 is 79.5 Å². The molecular weight excluding hydrogens is 876 g/mol. The third-order valence-electron chi connectivity index (χ3n) is 10.8. The first-order valence-corrected chi connectivity index (χ1v) is 21.6. The van der Waals surface area contributed by atoms with Crippen molar-refractivity contribution < 1.29 is 38.5 Å². The fourth-order valence-electron chi connectivity index (χ4n) is 7.14. The molecule has 0 spiro atoms. The Morgan fingerprint density at radius 1 is 0.470 bits per heavy atom. The van der Waals surface area contributed by atoms with Gasteiger partial charge in [-0.05, 0) is 172 Å². The third-order valence-corrected chi connectivity index (χ3v) is 11.3. The minimum absolute atomic E-state index is 0.164. The Balaban J connectivity index is 0.933. The maximum absolute atomic E-state index is 13.7. The van der Waals surface area contributed by atoms with E-state index in [-0.39, 0.29) is 23.0 Å². The molecule has 0 aliphatic carbocycles. The van der Waals surface area contributed by atoms with Crippen LogP contribution in [0.25, 0.3) is 21.5 Å². The van der Waals surface area contributed by atoms with Gasteiger partial charge in [0.15, 0.2) is 22.8 Å². The predicted molar refractivity (Wildman–Crippen MR) is 259 cm³/mol. The van der Waals surface area contributed by atoms with Gasteiger partial charge in [-0.2, -0.15) is 0 Å². The zero-order chi connectivity index (χ0) is 46.8. The molecule has 0 aliphatic heterocycles. The SMILES string of the molecule is CC(C)(Oc1ccc(C(=O)c2ccc(Cl)cc2)cc1)C(=O)Nc1cc2cccc(Oc3ccc4cccc(NC(=O)C(C)(C)Oc5ccc(C(=O)c6ccc(Cl)cc6)cc5)c4c3)c2cc1O. The number of hydrogen-bond donors (Lipinski definition) is 3. The molecule has 10 nitrogen and oxygen atoms in total. The highest BCUT2D eigenvalue weighted by Gasteiger charge is 2.32. The van der Waals surface area contributed by atoms with E-state index in [9.17, 15) is 24.3 Å². The Labute approximate surface area is 390 Å². The monoisotopic (exact) mass is 916 g/mol. The van der Waals surface area contributed by atoms with Crippen LogP contribution in [0.2, 0.25) is 10.0 Å². The molecule has 0 aromatic heterocycles. The van der Waals surface area contributed by atoms with Crippen LogP contribution in [0.4, 0.5) is 11.4 Å². The van der Waals surface area contributed by atoms with E-state index >= 15 is 0 Å². The first kappa shape index (κ1) is 44.9. The zero-order valence-electron chi connectivity index (χ0n) is 36.1. The molecule has 0 unspecified atom stereocenters. The molecule has 0 aliphatic rings. The van der Waals surface area contributed by atoms with E-state index in [0.29, 0.717) is 77.1 Å². The van der Waals surface area contributed by atoms with Crippen LogP contribution in [0.15, 0.2) is 164 Å². The van der Waals surface area contributed by atoms with Gasteiger partial charge in [-0.25, -0.2) is 0 Å². The van der Waals surface area contributed by atoms with Crippen molar-refractivity contribution in [3.05, 3.63) is 196 Å². The number of ketones is 2. The van der Waals surface area contributed by atoms with E-state index in [0.717, 1.165) is 5.39 Å². The summed E-state index contributed by atoms with van der Waals surface area (Å²) in [6.07, 6.45) is 0. The van der Waals surface area contributed by atoms with Gasteiger partial charge in [0.05, 0.1) is 5.69 Å². The highest BCUT2D eigenvalue weighted by atomic mass is 35.5. The number of ether oxygens (including phenoxy) is 3. The second kappa shape index (κ2) is 18.4. The van der Waals surface area contributed by atoms with Gasteiger partial charge >= 0.3 is 0 Å². The molecule has 0 saturated heterocycles. The fraction of sp³-hybridized carbons (Fsp3) is 0.111. The average Bonchev–Trinajstić information content (AvgIpc) is 3.30. The summed E-state index contributed by atoms with van der Waals surface area (Å²) in [7, 11) is 0. The summed E-state index contributed by atoms with van der Waals surface area (Å²) in [6, 6.07) is 46.0. The maximum Gasteiger partial charge on any atom is 0.268 e. The number of amides is 2. The molecule has 8 aromatic carbocycles. The molecule has 66 heavy (non-hydrogen) atoms. The zero-order valence-corrected chi connectivity index (χ0v) is 37.7. The fourth-order valence-corrected chi connectivity index (χ4v) is 7.39. The molecule has 0 bridgehead atoms. The van der Waals surface area contributed by atoms with Crippen LogP contribution in [-0.4, -0.2) is 39.7 Å². The summed E-state index contributed by atoms with van der Waals surface area (Å²) in [5, 5.41) is 20.9. The Kier molecular flexibility index (Phi) is 12.6. The van der Waals surface area contributed by atoms with E-state index < -0.39 is 23.0 Å². The topological polar surface area (TPSA) is 140 Å². The standard InChI is InChI=1S/C54H42Cl2N2O8/c1-53(2,65-40-24-16-35(17-25-40)49(60)33-11-20-38(55)21-12-33)51(62)57-45-9-5-7-32-15-28-42(30-43(32)45)64-48-10-6-8-37-29-46(47(59)31-44(37)48)58-52(63)54(3,4)66-41-26-18-36(19-27-41)50(61)34-13-22-39(56)23-14-34/h5-31,59H,1-4H3,(H,57,62)(H,58,63). The highest BCUT2D eigenvalue weighted by Crippen LogP contribution is 2.38. The van der Waals surface area contributed by atoms with Crippen LogP contribution < -0.4 is 24.8 Å². The molecule has 0 atom stereocenters. The number of phenols is 1. The molecule has 8 aromatic rings.